The zero-order valence-electron chi connectivity index (χ0n) is 11.4. The summed E-state index contributed by atoms with van der Waals surface area (Å²) in [6, 6.07) is 0.187. The zero-order chi connectivity index (χ0) is 13.6. The molecule has 0 aromatic carbocycles. The van der Waals surface area contributed by atoms with Crippen LogP contribution in [0, 0.1) is 0 Å². The lowest BCUT2D eigenvalue weighted by Crippen LogP contribution is -2.49. The van der Waals surface area contributed by atoms with Gasteiger partial charge < -0.3 is 0 Å². The Morgan fingerprint density at radius 2 is 2.11 bits per heavy atom. The van der Waals surface area contributed by atoms with Crippen molar-refractivity contribution in [3.63, 3.8) is 0 Å². The maximum atomic E-state index is 12.5. The van der Waals surface area contributed by atoms with Gasteiger partial charge in [-0.15, -0.1) is 11.6 Å². The Labute approximate surface area is 116 Å². The summed E-state index contributed by atoms with van der Waals surface area (Å²) < 4.78 is 28.1. The van der Waals surface area contributed by atoms with Gasteiger partial charge >= 0.3 is 0 Å². The lowest BCUT2D eigenvalue weighted by atomic mass is 10.0. The minimum Gasteiger partial charge on any atom is -0.195 e. The number of rotatable bonds is 7. The quantitative estimate of drug-likeness (QED) is 0.677. The summed E-state index contributed by atoms with van der Waals surface area (Å²) in [6.07, 6.45) is 5.80. The second kappa shape index (κ2) is 7.68. The van der Waals surface area contributed by atoms with Crippen molar-refractivity contribution in [2.45, 2.75) is 51.5 Å². The Morgan fingerprint density at radius 1 is 1.39 bits per heavy atom. The third-order valence-corrected chi connectivity index (χ3v) is 5.80. The van der Waals surface area contributed by atoms with Crippen LogP contribution < -0.4 is 0 Å². The molecule has 0 aromatic heterocycles. The van der Waals surface area contributed by atoms with Crippen LogP contribution in [0.3, 0.4) is 0 Å². The molecule has 6 heteroatoms. The Bertz CT molecular complexity index is 333. The first-order valence-electron chi connectivity index (χ1n) is 6.83. The number of halogens is 1. The van der Waals surface area contributed by atoms with E-state index >= 15 is 0 Å². The molecule has 0 bridgehead atoms. The van der Waals surface area contributed by atoms with Gasteiger partial charge in [-0.1, -0.05) is 19.8 Å². The fourth-order valence-electron chi connectivity index (χ4n) is 2.48. The highest BCUT2D eigenvalue weighted by molar-refractivity contribution is 7.86. The highest BCUT2D eigenvalue weighted by Crippen LogP contribution is 2.25. The summed E-state index contributed by atoms with van der Waals surface area (Å²) in [4.78, 5) is 0. The molecule has 0 amide bonds. The molecule has 108 valence electrons. The van der Waals surface area contributed by atoms with Crippen molar-refractivity contribution in [1.29, 1.82) is 0 Å². The molecule has 1 heterocycles. The van der Waals surface area contributed by atoms with E-state index in [0.717, 1.165) is 32.1 Å². The van der Waals surface area contributed by atoms with Gasteiger partial charge in [-0.25, -0.2) is 0 Å². The molecule has 1 aliphatic heterocycles. The van der Waals surface area contributed by atoms with E-state index in [4.69, 9.17) is 11.6 Å². The van der Waals surface area contributed by atoms with Gasteiger partial charge in [0, 0.05) is 32.1 Å². The Kier molecular flexibility index (Phi) is 6.92. The average molecular weight is 297 g/mol. The van der Waals surface area contributed by atoms with Crippen LogP contribution in [-0.4, -0.2) is 49.1 Å². The highest BCUT2D eigenvalue weighted by Gasteiger charge is 2.34. The molecule has 1 unspecified atom stereocenters. The van der Waals surface area contributed by atoms with Crippen molar-refractivity contribution in [2.24, 2.45) is 0 Å². The number of nitrogens with zero attached hydrogens (tertiary/aromatic N) is 2. The number of piperidine rings is 1. The molecule has 0 aliphatic carbocycles. The van der Waals surface area contributed by atoms with E-state index in [1.807, 2.05) is 0 Å². The van der Waals surface area contributed by atoms with Gasteiger partial charge in [-0.3, -0.25) is 0 Å². The zero-order valence-corrected chi connectivity index (χ0v) is 13.0. The molecule has 1 fully saturated rings. The number of hydrogen-bond donors (Lipinski definition) is 0. The highest BCUT2D eigenvalue weighted by atomic mass is 35.5. The first-order chi connectivity index (χ1) is 8.54. The number of hydrogen-bond acceptors (Lipinski definition) is 2. The molecule has 1 rings (SSSR count). The number of alkyl halides is 1. The van der Waals surface area contributed by atoms with Crippen LogP contribution in [0.1, 0.15) is 45.4 Å². The van der Waals surface area contributed by atoms with Gasteiger partial charge in [0.05, 0.1) is 0 Å². The van der Waals surface area contributed by atoms with Crippen molar-refractivity contribution in [3.8, 4) is 0 Å². The Hall–Kier alpha value is 0.160. The first kappa shape index (κ1) is 16.2. The van der Waals surface area contributed by atoms with Crippen LogP contribution in [0.25, 0.3) is 0 Å². The monoisotopic (exact) mass is 296 g/mol. The molecule has 4 nitrogen and oxygen atoms in total. The molecule has 18 heavy (non-hydrogen) atoms. The van der Waals surface area contributed by atoms with Crippen LogP contribution in [0.2, 0.25) is 0 Å². The van der Waals surface area contributed by atoms with Crippen LogP contribution >= 0.6 is 11.6 Å². The predicted molar refractivity (Wildman–Crippen MR) is 76.1 cm³/mol. The SMILES string of the molecule is CCCC1CCCCN1S(=O)(=O)N(C)CCCCl. The van der Waals surface area contributed by atoms with Crippen molar-refractivity contribution in [3.05, 3.63) is 0 Å². The third kappa shape index (κ3) is 4.08. The molecule has 0 saturated carbocycles. The predicted octanol–water partition coefficient (Wildman–Crippen LogP) is 2.45. The van der Waals surface area contributed by atoms with E-state index < -0.39 is 10.2 Å². The molecule has 0 aromatic rings. The minimum absolute atomic E-state index is 0.187. The summed E-state index contributed by atoms with van der Waals surface area (Å²) >= 11 is 5.62. The first-order valence-corrected chi connectivity index (χ1v) is 8.76. The average Bonchev–Trinajstić information content (AvgIpc) is 2.36. The van der Waals surface area contributed by atoms with Crippen molar-refractivity contribution in [1.82, 2.24) is 8.61 Å². The van der Waals surface area contributed by atoms with E-state index in [1.54, 1.807) is 11.4 Å². The maximum absolute atomic E-state index is 12.5. The van der Waals surface area contributed by atoms with E-state index in [2.05, 4.69) is 6.92 Å². The summed E-state index contributed by atoms with van der Waals surface area (Å²) in [5.41, 5.74) is 0. The normalized spacial score (nSPS) is 22.6. The van der Waals surface area contributed by atoms with Crippen molar-refractivity contribution >= 4 is 21.8 Å². The second-order valence-electron chi connectivity index (χ2n) is 4.92. The molecule has 1 saturated heterocycles. The Morgan fingerprint density at radius 3 is 2.72 bits per heavy atom. The van der Waals surface area contributed by atoms with Gasteiger partial charge in [0.1, 0.15) is 0 Å². The van der Waals surface area contributed by atoms with Gasteiger partial charge in [0.2, 0.25) is 0 Å². The van der Waals surface area contributed by atoms with E-state index in [0.29, 0.717) is 25.4 Å². The summed E-state index contributed by atoms with van der Waals surface area (Å²) in [6.45, 7) is 3.27. The fourth-order valence-corrected chi connectivity index (χ4v) is 4.26. The topological polar surface area (TPSA) is 40.6 Å². The largest absolute Gasteiger partial charge is 0.281 e. The molecule has 0 radical (unpaired) electrons. The Balaban J connectivity index is 2.73. The fraction of sp³-hybridized carbons (Fsp3) is 1.00. The van der Waals surface area contributed by atoms with Crippen LogP contribution in [0.15, 0.2) is 0 Å². The van der Waals surface area contributed by atoms with E-state index in [9.17, 15) is 8.42 Å². The third-order valence-electron chi connectivity index (χ3n) is 3.49. The van der Waals surface area contributed by atoms with Gasteiger partial charge in [0.25, 0.3) is 10.2 Å². The molecule has 0 N–H and O–H groups in total. The smallest absolute Gasteiger partial charge is 0.195 e. The standard InChI is InChI=1S/C12H25ClN2O2S/c1-3-7-12-8-4-5-11-15(12)18(16,17)14(2)10-6-9-13/h12H,3-11H2,1-2H3. The summed E-state index contributed by atoms with van der Waals surface area (Å²) in [5.74, 6) is 0.498. The van der Waals surface area contributed by atoms with Crippen LogP contribution in [-0.2, 0) is 10.2 Å². The lowest BCUT2D eigenvalue weighted by molar-refractivity contribution is 0.225. The van der Waals surface area contributed by atoms with Crippen molar-refractivity contribution in [2.75, 3.05) is 26.0 Å². The maximum Gasteiger partial charge on any atom is 0.281 e. The summed E-state index contributed by atoms with van der Waals surface area (Å²) in [5, 5.41) is 0. The molecule has 0 spiro atoms. The van der Waals surface area contributed by atoms with Gasteiger partial charge in [0.15, 0.2) is 0 Å². The molecule has 1 aliphatic rings. The van der Waals surface area contributed by atoms with Gasteiger partial charge in [-0.2, -0.15) is 17.0 Å². The lowest BCUT2D eigenvalue weighted by Gasteiger charge is -2.37. The van der Waals surface area contributed by atoms with Crippen LogP contribution in [0.4, 0.5) is 0 Å². The van der Waals surface area contributed by atoms with E-state index in [-0.39, 0.29) is 6.04 Å². The molecular weight excluding hydrogens is 272 g/mol. The van der Waals surface area contributed by atoms with Crippen LogP contribution in [0.5, 0.6) is 0 Å². The minimum atomic E-state index is -3.30. The van der Waals surface area contributed by atoms with Crippen molar-refractivity contribution < 1.29 is 8.42 Å². The second-order valence-corrected chi connectivity index (χ2v) is 7.29. The van der Waals surface area contributed by atoms with E-state index in [1.165, 1.54) is 4.31 Å². The van der Waals surface area contributed by atoms with Gasteiger partial charge in [-0.05, 0) is 25.7 Å². The molecular formula is C12H25ClN2O2S. The summed E-state index contributed by atoms with van der Waals surface area (Å²) in [7, 11) is -1.65. The molecule has 1 atom stereocenters.